The zero-order valence-electron chi connectivity index (χ0n) is 21.7. The summed E-state index contributed by atoms with van der Waals surface area (Å²) in [6.07, 6.45) is 2.08. The number of nitrogens with one attached hydrogen (secondary N) is 2. The van der Waals surface area contributed by atoms with Gasteiger partial charge < -0.3 is 25.4 Å². The molecule has 1 amide bonds. The van der Waals surface area contributed by atoms with Gasteiger partial charge in [0, 0.05) is 12.5 Å². The number of rotatable bonds is 4. The smallest absolute Gasteiger partial charge is 0.226 e. The molecule has 0 aromatic heterocycles. The average Bonchev–Trinajstić information content (AvgIpc) is 3.21. The summed E-state index contributed by atoms with van der Waals surface area (Å²) in [4.78, 5) is 19.8. The highest BCUT2D eigenvalue weighted by Crippen LogP contribution is 2.42. The number of hydrogen-bond donors (Lipinski definition) is 5. The fourth-order valence-corrected chi connectivity index (χ4v) is 7.89. The van der Waals surface area contributed by atoms with Crippen molar-refractivity contribution in [3.8, 4) is 0 Å². The first-order valence-corrected chi connectivity index (χ1v) is 14.6. The predicted molar refractivity (Wildman–Crippen MR) is 135 cm³/mol. The van der Waals surface area contributed by atoms with Crippen molar-refractivity contribution in [2.24, 2.45) is 29.1 Å². The van der Waals surface area contributed by atoms with Crippen LogP contribution in [0.25, 0.3) is 0 Å². The molecule has 35 heavy (non-hydrogen) atoms. The largest absolute Gasteiger partial charge is 0.388 e. The highest BCUT2D eigenvalue weighted by atomic mass is 32.2. The van der Waals surface area contributed by atoms with Gasteiger partial charge in [0.05, 0.1) is 18.1 Å². The Bertz CT molecular complexity index is 724. The van der Waals surface area contributed by atoms with Crippen molar-refractivity contribution < 1.29 is 29.7 Å². The van der Waals surface area contributed by atoms with E-state index in [2.05, 4.69) is 38.5 Å². The van der Waals surface area contributed by atoms with Crippen LogP contribution in [0.15, 0.2) is 0 Å². The van der Waals surface area contributed by atoms with Crippen molar-refractivity contribution in [2.45, 2.75) is 115 Å². The molecule has 1 aliphatic carbocycles. The second-order valence-corrected chi connectivity index (χ2v) is 13.5. The lowest BCUT2D eigenvalue weighted by Gasteiger charge is -2.48. The summed E-state index contributed by atoms with van der Waals surface area (Å²) in [7, 11) is 0. The molecule has 0 aromatic carbocycles. The van der Waals surface area contributed by atoms with Crippen LogP contribution in [0.1, 0.15) is 72.6 Å². The fourth-order valence-electron chi connectivity index (χ4n) is 6.72. The molecule has 5 N–H and O–H groups in total. The zero-order valence-corrected chi connectivity index (χ0v) is 22.5. The van der Waals surface area contributed by atoms with Crippen molar-refractivity contribution >= 4 is 17.7 Å². The highest BCUT2D eigenvalue weighted by molar-refractivity contribution is 7.99. The van der Waals surface area contributed by atoms with Crippen LogP contribution in [0.3, 0.4) is 0 Å². The number of ether oxygens (including phenoxy) is 1. The summed E-state index contributed by atoms with van der Waals surface area (Å²) < 4.78 is 6.21. The number of carbonyl (C=O) groups is 1. The molecule has 0 spiro atoms. The van der Waals surface area contributed by atoms with Crippen LogP contribution in [-0.2, 0) is 14.4 Å². The Balaban J connectivity index is 1.56. The van der Waals surface area contributed by atoms with Crippen LogP contribution in [-0.4, -0.2) is 75.5 Å². The first-order chi connectivity index (χ1) is 16.6. The van der Waals surface area contributed by atoms with Crippen LogP contribution in [0, 0.1) is 29.1 Å². The molecule has 1 unspecified atom stereocenters. The minimum absolute atomic E-state index is 0.0651. The van der Waals surface area contributed by atoms with E-state index in [0.717, 1.165) is 57.2 Å². The van der Waals surface area contributed by atoms with Gasteiger partial charge in [-0.2, -0.15) is 0 Å². The van der Waals surface area contributed by atoms with Gasteiger partial charge in [-0.15, -0.1) is 11.8 Å². The molecule has 2 bridgehead atoms. The van der Waals surface area contributed by atoms with Gasteiger partial charge >= 0.3 is 0 Å². The maximum Gasteiger partial charge on any atom is 0.226 e. The Labute approximate surface area is 214 Å². The minimum Gasteiger partial charge on any atom is -0.388 e. The summed E-state index contributed by atoms with van der Waals surface area (Å²) in [6.45, 7) is 9.46. The number of fused-ring (bicyclic) bond motifs is 3. The molecule has 3 heterocycles. The van der Waals surface area contributed by atoms with E-state index in [-0.39, 0.29) is 23.3 Å². The average molecular weight is 515 g/mol. The minimum atomic E-state index is -1.32. The summed E-state index contributed by atoms with van der Waals surface area (Å²) in [5.74, 6) is 1.92. The molecule has 202 valence electrons. The summed E-state index contributed by atoms with van der Waals surface area (Å²) in [6, 6.07) is -0.504. The first-order valence-electron chi connectivity index (χ1n) is 13.6. The van der Waals surface area contributed by atoms with E-state index in [9.17, 15) is 20.1 Å². The Morgan fingerprint density at radius 2 is 1.86 bits per heavy atom. The van der Waals surface area contributed by atoms with Gasteiger partial charge in [0.1, 0.15) is 29.9 Å². The molecule has 4 fully saturated rings. The van der Waals surface area contributed by atoms with E-state index in [1.165, 1.54) is 11.8 Å². The standard InChI is InChI=1S/C26H46N2O6S/c1-14(2)12-15-8-7-9-16(21-17(15)13-27-34-21)24(32)28-23-22-19(30)18(29)20(31)25(33-22)35-11-6-5-10-26(23,3)4/h14-23,25,27,29-31H,5-13H2,1-4H3,(H,28,32)/t15-,16-,17?,18-,19+,20+,21-,22-,23-,25+/m0/s1. The Morgan fingerprint density at radius 1 is 1.09 bits per heavy atom. The number of hydrogen-bond acceptors (Lipinski definition) is 8. The molecule has 4 rings (SSSR count). The molecule has 0 aromatic rings. The molecular weight excluding hydrogens is 468 g/mol. The maximum atomic E-state index is 13.9. The molecular formula is C26H46N2O6S. The number of aliphatic hydroxyl groups excluding tert-OH is 3. The van der Waals surface area contributed by atoms with Crippen molar-refractivity contribution in [3.63, 3.8) is 0 Å². The fraction of sp³-hybridized carbons (Fsp3) is 0.962. The molecule has 0 radical (unpaired) electrons. The number of aliphatic hydroxyl groups is 3. The molecule has 9 heteroatoms. The topological polar surface area (TPSA) is 120 Å². The highest BCUT2D eigenvalue weighted by Gasteiger charge is 2.52. The first kappa shape index (κ1) is 27.6. The van der Waals surface area contributed by atoms with Crippen molar-refractivity contribution in [3.05, 3.63) is 0 Å². The van der Waals surface area contributed by atoms with Crippen molar-refractivity contribution in [1.82, 2.24) is 10.8 Å². The van der Waals surface area contributed by atoms with E-state index < -0.39 is 35.9 Å². The van der Waals surface area contributed by atoms with Crippen LogP contribution in [0.2, 0.25) is 0 Å². The SMILES string of the molecule is CC(C)C[C@@H]1CCC[C@H](C(=O)N[C@H]2[C@H]3O[C@H](SCCCCC2(C)C)[C@H](O)[C@@H](O)[C@H]3O)[C@@H]2ONCC12. The van der Waals surface area contributed by atoms with Crippen LogP contribution < -0.4 is 10.8 Å². The summed E-state index contributed by atoms with van der Waals surface area (Å²) in [5.41, 5.74) is 2.08. The molecule has 8 nitrogen and oxygen atoms in total. The lowest BCUT2D eigenvalue weighted by Crippen LogP contribution is -2.66. The molecule has 10 atom stereocenters. The summed E-state index contributed by atoms with van der Waals surface area (Å²) >= 11 is 1.47. The Kier molecular flexibility index (Phi) is 9.10. The summed E-state index contributed by atoms with van der Waals surface area (Å²) in [5, 5.41) is 35.4. The monoisotopic (exact) mass is 514 g/mol. The van der Waals surface area contributed by atoms with Gasteiger partial charge in [-0.3, -0.25) is 9.63 Å². The third kappa shape index (κ3) is 6.02. The number of thioether (sulfide) groups is 1. The second kappa shape index (κ2) is 11.5. The Hall–Kier alpha value is -0.420. The number of amides is 1. The van der Waals surface area contributed by atoms with E-state index in [0.29, 0.717) is 17.8 Å². The second-order valence-electron chi connectivity index (χ2n) is 12.3. The molecule has 1 saturated carbocycles. The Morgan fingerprint density at radius 3 is 2.60 bits per heavy atom. The van der Waals surface area contributed by atoms with Gasteiger partial charge in [0.25, 0.3) is 0 Å². The quantitative estimate of drug-likeness (QED) is 0.387. The number of carbonyl (C=O) groups excluding carboxylic acids is 1. The lowest BCUT2D eigenvalue weighted by atomic mass is 9.74. The van der Waals surface area contributed by atoms with Gasteiger partial charge in [0.2, 0.25) is 5.91 Å². The number of hydroxylamine groups is 1. The molecule has 3 saturated heterocycles. The normalized spacial score (nSPS) is 44.3. The van der Waals surface area contributed by atoms with Gasteiger partial charge in [-0.25, -0.2) is 5.48 Å². The predicted octanol–water partition coefficient (Wildman–Crippen LogP) is 2.20. The van der Waals surface area contributed by atoms with Crippen molar-refractivity contribution in [1.29, 1.82) is 0 Å². The zero-order chi connectivity index (χ0) is 25.3. The van der Waals surface area contributed by atoms with E-state index in [4.69, 9.17) is 9.57 Å². The van der Waals surface area contributed by atoms with Gasteiger partial charge in [0.15, 0.2) is 0 Å². The lowest BCUT2D eigenvalue weighted by molar-refractivity contribution is -0.213. The molecule has 4 aliphatic rings. The van der Waals surface area contributed by atoms with E-state index >= 15 is 0 Å². The third-order valence-electron chi connectivity index (χ3n) is 8.74. The third-order valence-corrected chi connectivity index (χ3v) is 9.98. The van der Waals surface area contributed by atoms with E-state index in [1.54, 1.807) is 0 Å². The van der Waals surface area contributed by atoms with Gasteiger partial charge in [-0.05, 0) is 55.1 Å². The van der Waals surface area contributed by atoms with Crippen LogP contribution in [0.5, 0.6) is 0 Å². The maximum absolute atomic E-state index is 13.9. The van der Waals surface area contributed by atoms with Gasteiger partial charge in [-0.1, -0.05) is 40.5 Å². The van der Waals surface area contributed by atoms with Crippen LogP contribution in [0.4, 0.5) is 0 Å². The molecule has 3 aliphatic heterocycles. The van der Waals surface area contributed by atoms with Crippen LogP contribution >= 0.6 is 11.8 Å². The van der Waals surface area contributed by atoms with E-state index in [1.807, 2.05) is 0 Å². The van der Waals surface area contributed by atoms with Crippen molar-refractivity contribution in [2.75, 3.05) is 12.3 Å².